The van der Waals surface area contributed by atoms with Gasteiger partial charge in [-0.15, -0.1) is 11.8 Å². The molecule has 10 heteroatoms. The molecule has 0 spiro atoms. The van der Waals surface area contributed by atoms with Crippen molar-refractivity contribution in [3.63, 3.8) is 0 Å². The smallest absolute Gasteiger partial charge is 0.492 e. The SMILES string of the molecule is COc1ccc(CSc2ccc(C(=O)Nc3ccc(F)cc3)cn2)c(B(O)O)c1OC. The molecule has 0 fully saturated rings. The van der Waals surface area contributed by atoms with E-state index in [0.29, 0.717) is 33.3 Å². The minimum atomic E-state index is -1.73. The van der Waals surface area contributed by atoms with Crippen LogP contribution in [0.3, 0.4) is 0 Å². The highest BCUT2D eigenvalue weighted by Gasteiger charge is 2.24. The number of aromatic nitrogens is 1. The third-order valence-corrected chi connectivity index (χ3v) is 5.40. The number of nitrogens with zero attached hydrogens (tertiary/aromatic N) is 1. The maximum atomic E-state index is 13.0. The summed E-state index contributed by atoms with van der Waals surface area (Å²) in [6.45, 7) is 0. The van der Waals surface area contributed by atoms with E-state index < -0.39 is 7.12 Å². The number of rotatable bonds is 8. The summed E-state index contributed by atoms with van der Waals surface area (Å²) in [5.74, 6) is 0.306. The molecule has 160 valence electrons. The van der Waals surface area contributed by atoms with Gasteiger partial charge < -0.3 is 24.8 Å². The molecular weight excluding hydrogens is 422 g/mol. The number of ether oxygens (including phenoxy) is 2. The lowest BCUT2D eigenvalue weighted by Crippen LogP contribution is -2.34. The Morgan fingerprint density at radius 1 is 1.10 bits per heavy atom. The summed E-state index contributed by atoms with van der Waals surface area (Å²) < 4.78 is 23.5. The molecule has 0 bridgehead atoms. The molecule has 0 atom stereocenters. The van der Waals surface area contributed by atoms with E-state index in [-0.39, 0.29) is 22.9 Å². The van der Waals surface area contributed by atoms with Crippen molar-refractivity contribution in [2.45, 2.75) is 10.8 Å². The van der Waals surface area contributed by atoms with Crippen molar-refractivity contribution in [2.75, 3.05) is 19.5 Å². The van der Waals surface area contributed by atoms with Crippen LogP contribution in [0.2, 0.25) is 0 Å². The fourth-order valence-corrected chi connectivity index (χ4v) is 3.74. The van der Waals surface area contributed by atoms with Crippen molar-refractivity contribution in [2.24, 2.45) is 0 Å². The van der Waals surface area contributed by atoms with Crippen LogP contribution in [0, 0.1) is 5.82 Å². The van der Waals surface area contributed by atoms with Gasteiger partial charge in [0.1, 0.15) is 5.82 Å². The molecule has 0 unspecified atom stereocenters. The molecule has 1 aromatic heterocycles. The highest BCUT2D eigenvalue weighted by Crippen LogP contribution is 2.29. The topological polar surface area (TPSA) is 101 Å². The molecule has 3 rings (SSSR count). The molecule has 3 N–H and O–H groups in total. The van der Waals surface area contributed by atoms with Crippen LogP contribution < -0.4 is 20.3 Å². The number of amides is 1. The largest absolute Gasteiger partial charge is 0.493 e. The van der Waals surface area contributed by atoms with E-state index in [1.54, 1.807) is 24.3 Å². The number of carbonyl (C=O) groups excluding carboxylic acids is 1. The molecular formula is C21H20BFN2O5S. The van der Waals surface area contributed by atoms with Crippen LogP contribution >= 0.6 is 11.8 Å². The number of benzene rings is 2. The second-order valence-electron chi connectivity index (χ2n) is 6.38. The summed E-state index contributed by atoms with van der Waals surface area (Å²) in [5.41, 5.74) is 1.71. The van der Waals surface area contributed by atoms with Gasteiger partial charge in [-0.05, 0) is 48.0 Å². The quantitative estimate of drug-likeness (QED) is 0.364. The predicted molar refractivity (Wildman–Crippen MR) is 118 cm³/mol. The fraction of sp³-hybridized carbons (Fsp3) is 0.143. The standard InChI is InChI=1S/C21H20BFN2O5S/c1-29-17-9-3-14(19(22(27)28)20(17)30-2)12-31-18-10-4-13(11-24-18)21(26)25-16-7-5-15(23)6-8-16/h3-11,27-28H,12H2,1-2H3,(H,25,26). The molecule has 1 heterocycles. The van der Waals surface area contributed by atoms with Crippen molar-refractivity contribution in [1.29, 1.82) is 0 Å². The van der Waals surface area contributed by atoms with Crippen LogP contribution in [0.5, 0.6) is 11.5 Å². The van der Waals surface area contributed by atoms with Crippen LogP contribution in [-0.2, 0) is 5.75 Å². The van der Waals surface area contributed by atoms with Gasteiger partial charge in [0.15, 0.2) is 11.5 Å². The summed E-state index contributed by atoms with van der Waals surface area (Å²) >= 11 is 1.36. The monoisotopic (exact) mass is 442 g/mol. The Morgan fingerprint density at radius 3 is 2.42 bits per heavy atom. The summed E-state index contributed by atoms with van der Waals surface area (Å²) in [5, 5.41) is 22.9. The first kappa shape index (κ1) is 22.6. The van der Waals surface area contributed by atoms with Crippen molar-refractivity contribution in [3.05, 3.63) is 71.7 Å². The molecule has 0 radical (unpaired) electrons. The first-order chi connectivity index (χ1) is 14.9. The number of anilines is 1. The van der Waals surface area contributed by atoms with Gasteiger partial charge in [0, 0.05) is 23.1 Å². The van der Waals surface area contributed by atoms with E-state index in [9.17, 15) is 19.2 Å². The molecule has 7 nitrogen and oxygen atoms in total. The fourth-order valence-electron chi connectivity index (χ4n) is 2.89. The van der Waals surface area contributed by atoms with Crippen molar-refractivity contribution in [3.8, 4) is 11.5 Å². The van der Waals surface area contributed by atoms with Crippen LogP contribution in [0.25, 0.3) is 0 Å². The Kier molecular flexibility index (Phi) is 7.51. The van der Waals surface area contributed by atoms with E-state index in [2.05, 4.69) is 10.3 Å². The van der Waals surface area contributed by atoms with Gasteiger partial charge in [0.05, 0.1) is 24.8 Å². The van der Waals surface area contributed by atoms with Gasteiger partial charge in [0.2, 0.25) is 0 Å². The first-order valence-electron chi connectivity index (χ1n) is 9.18. The lowest BCUT2D eigenvalue weighted by Gasteiger charge is -2.16. The Labute approximate surface area is 183 Å². The molecule has 0 aliphatic rings. The average molecular weight is 442 g/mol. The molecule has 3 aromatic rings. The van der Waals surface area contributed by atoms with Crippen molar-refractivity contribution in [1.82, 2.24) is 4.98 Å². The Balaban J connectivity index is 1.69. The van der Waals surface area contributed by atoms with Crippen LogP contribution in [0.15, 0.2) is 59.8 Å². The van der Waals surface area contributed by atoms with Crippen LogP contribution in [0.4, 0.5) is 10.1 Å². The Morgan fingerprint density at radius 2 is 1.84 bits per heavy atom. The van der Waals surface area contributed by atoms with Gasteiger partial charge in [0.25, 0.3) is 5.91 Å². The van der Waals surface area contributed by atoms with Gasteiger partial charge in [-0.1, -0.05) is 6.07 Å². The highest BCUT2D eigenvalue weighted by atomic mass is 32.2. The first-order valence-corrected chi connectivity index (χ1v) is 10.2. The number of halogens is 1. The predicted octanol–water partition coefficient (Wildman–Crippen LogP) is 2.46. The number of hydrogen-bond acceptors (Lipinski definition) is 7. The molecule has 31 heavy (non-hydrogen) atoms. The van der Waals surface area contributed by atoms with Gasteiger partial charge in [-0.2, -0.15) is 0 Å². The second-order valence-corrected chi connectivity index (χ2v) is 7.38. The summed E-state index contributed by atoms with van der Waals surface area (Å²) in [6, 6.07) is 12.2. The summed E-state index contributed by atoms with van der Waals surface area (Å²) in [4.78, 5) is 16.6. The number of methoxy groups -OCH3 is 2. The number of nitrogens with one attached hydrogen (secondary N) is 1. The molecule has 0 saturated carbocycles. The van der Waals surface area contributed by atoms with Gasteiger partial charge in [-0.25, -0.2) is 9.37 Å². The minimum Gasteiger partial charge on any atom is -0.493 e. The van der Waals surface area contributed by atoms with E-state index >= 15 is 0 Å². The zero-order valence-electron chi connectivity index (χ0n) is 16.8. The van der Waals surface area contributed by atoms with E-state index in [1.165, 1.54) is 56.4 Å². The zero-order valence-corrected chi connectivity index (χ0v) is 17.6. The highest BCUT2D eigenvalue weighted by molar-refractivity contribution is 7.98. The van der Waals surface area contributed by atoms with Crippen molar-refractivity contribution >= 4 is 35.9 Å². The molecule has 0 aliphatic heterocycles. The van der Waals surface area contributed by atoms with E-state index in [1.807, 2.05) is 0 Å². The average Bonchev–Trinajstić information content (AvgIpc) is 2.78. The van der Waals surface area contributed by atoms with Crippen molar-refractivity contribution < 1.29 is 28.7 Å². The lowest BCUT2D eigenvalue weighted by atomic mass is 9.76. The molecule has 1 amide bonds. The van der Waals surface area contributed by atoms with Gasteiger partial charge in [-0.3, -0.25) is 4.79 Å². The number of thioether (sulfide) groups is 1. The third kappa shape index (κ3) is 5.54. The summed E-state index contributed by atoms with van der Waals surface area (Å²) in [7, 11) is 1.17. The van der Waals surface area contributed by atoms with E-state index in [4.69, 9.17) is 9.47 Å². The van der Waals surface area contributed by atoms with Crippen LogP contribution in [0.1, 0.15) is 15.9 Å². The van der Waals surface area contributed by atoms with Gasteiger partial charge >= 0.3 is 7.12 Å². The second kappa shape index (κ2) is 10.3. The Bertz CT molecular complexity index is 1050. The van der Waals surface area contributed by atoms with E-state index in [0.717, 1.165) is 0 Å². The molecule has 0 aliphatic carbocycles. The number of carbonyl (C=O) groups is 1. The normalized spacial score (nSPS) is 10.5. The number of pyridine rings is 1. The zero-order chi connectivity index (χ0) is 22.4. The maximum Gasteiger partial charge on any atom is 0.492 e. The summed E-state index contributed by atoms with van der Waals surface area (Å²) in [6.07, 6.45) is 1.44. The third-order valence-electron chi connectivity index (χ3n) is 4.41. The van der Waals surface area contributed by atoms with Crippen LogP contribution in [-0.4, -0.2) is 42.3 Å². The lowest BCUT2D eigenvalue weighted by molar-refractivity contribution is 0.102. The Hall–Kier alpha value is -3.08. The molecule has 0 saturated heterocycles. The maximum absolute atomic E-state index is 13.0. The minimum absolute atomic E-state index is 0.227. The molecule has 2 aromatic carbocycles. The number of hydrogen-bond donors (Lipinski definition) is 3.